The van der Waals surface area contributed by atoms with Crippen molar-refractivity contribution < 1.29 is 9.47 Å². The first-order valence-corrected chi connectivity index (χ1v) is 7.24. The third-order valence-electron chi connectivity index (χ3n) is 2.99. The lowest BCUT2D eigenvalue weighted by molar-refractivity contribution is -0.137. The van der Waals surface area contributed by atoms with Crippen molar-refractivity contribution >= 4 is 5.69 Å². The van der Waals surface area contributed by atoms with E-state index >= 15 is 0 Å². The highest BCUT2D eigenvalue weighted by molar-refractivity contribution is 5.45. The van der Waals surface area contributed by atoms with Crippen molar-refractivity contribution in [2.24, 2.45) is 0 Å². The fourth-order valence-electron chi connectivity index (χ4n) is 1.91. The number of benzene rings is 1. The summed E-state index contributed by atoms with van der Waals surface area (Å²) in [6, 6.07) is 8.61. The zero-order valence-electron chi connectivity index (χ0n) is 12.6. The van der Waals surface area contributed by atoms with Gasteiger partial charge in [0.25, 0.3) is 0 Å². The molecule has 0 bridgehead atoms. The number of rotatable bonds is 9. The Kier molecular flexibility index (Phi) is 7.53. The van der Waals surface area contributed by atoms with Crippen molar-refractivity contribution in [1.82, 2.24) is 0 Å². The van der Waals surface area contributed by atoms with E-state index in [0.29, 0.717) is 19.1 Å². The number of ether oxygens (including phenoxy) is 2. The van der Waals surface area contributed by atoms with Crippen LogP contribution in [0, 0.1) is 0 Å². The van der Waals surface area contributed by atoms with Crippen LogP contribution in [0.1, 0.15) is 45.6 Å². The molecule has 0 aliphatic carbocycles. The second-order valence-electron chi connectivity index (χ2n) is 4.83. The van der Waals surface area contributed by atoms with Crippen LogP contribution in [0.5, 0.6) is 0 Å². The average molecular weight is 265 g/mol. The maximum absolute atomic E-state index is 5.51. The van der Waals surface area contributed by atoms with Crippen LogP contribution in [0.25, 0.3) is 0 Å². The van der Waals surface area contributed by atoms with E-state index in [1.54, 1.807) is 0 Å². The van der Waals surface area contributed by atoms with Crippen molar-refractivity contribution in [2.45, 2.75) is 46.3 Å². The van der Waals surface area contributed by atoms with Crippen molar-refractivity contribution in [3.8, 4) is 0 Å². The van der Waals surface area contributed by atoms with Gasteiger partial charge in [0, 0.05) is 31.9 Å². The minimum Gasteiger partial charge on any atom is -0.385 e. The summed E-state index contributed by atoms with van der Waals surface area (Å²) in [5.41, 5.74) is 2.52. The molecule has 0 aromatic heterocycles. The molecule has 3 heteroatoms. The molecule has 0 saturated carbocycles. The number of hydrogen-bond donors (Lipinski definition) is 1. The Labute approximate surface area is 117 Å². The second kappa shape index (κ2) is 8.94. The van der Waals surface area contributed by atoms with E-state index in [1.165, 1.54) is 5.56 Å². The molecule has 0 unspecified atom stereocenters. The molecule has 108 valence electrons. The summed E-state index contributed by atoms with van der Waals surface area (Å²) in [5, 5.41) is 3.40. The lowest BCUT2D eigenvalue weighted by Gasteiger charge is -2.17. The summed E-state index contributed by atoms with van der Waals surface area (Å²) in [6.07, 6.45) is 0.755. The van der Waals surface area contributed by atoms with Gasteiger partial charge >= 0.3 is 0 Å². The van der Waals surface area contributed by atoms with E-state index in [2.05, 4.69) is 43.4 Å². The second-order valence-corrected chi connectivity index (χ2v) is 4.83. The summed E-state index contributed by atoms with van der Waals surface area (Å²) in [5.74, 6) is 0.578. The normalized spacial score (nSPS) is 11.3. The largest absolute Gasteiger partial charge is 0.385 e. The monoisotopic (exact) mass is 265 g/mol. The molecule has 1 N–H and O–H groups in total. The predicted octanol–water partition coefficient (Wildman–Crippen LogP) is 4.01. The molecule has 0 aliphatic heterocycles. The van der Waals surface area contributed by atoms with Gasteiger partial charge in [-0.1, -0.05) is 26.0 Å². The summed E-state index contributed by atoms with van der Waals surface area (Å²) in [4.78, 5) is 0. The van der Waals surface area contributed by atoms with Gasteiger partial charge in [-0.15, -0.1) is 0 Å². The minimum absolute atomic E-state index is 0.0996. The van der Waals surface area contributed by atoms with E-state index in [1.807, 2.05) is 13.8 Å². The molecule has 1 aromatic rings. The molecule has 0 saturated heterocycles. The molecule has 0 aliphatic rings. The third kappa shape index (κ3) is 6.08. The number of anilines is 1. The number of nitrogens with one attached hydrogen (secondary N) is 1. The zero-order chi connectivity index (χ0) is 14.1. The van der Waals surface area contributed by atoms with Crippen LogP contribution in [0.2, 0.25) is 0 Å². The molecule has 3 nitrogen and oxygen atoms in total. The molecular weight excluding hydrogens is 238 g/mol. The van der Waals surface area contributed by atoms with Crippen molar-refractivity contribution in [3.63, 3.8) is 0 Å². The van der Waals surface area contributed by atoms with Crippen LogP contribution in [-0.2, 0) is 9.47 Å². The molecule has 0 radical (unpaired) electrons. The molecule has 19 heavy (non-hydrogen) atoms. The SMILES string of the molecule is CCOC(CCNc1ccc(C(C)C)cc1)OCC. The van der Waals surface area contributed by atoms with Gasteiger partial charge < -0.3 is 14.8 Å². The van der Waals surface area contributed by atoms with Gasteiger partial charge in [-0.2, -0.15) is 0 Å². The van der Waals surface area contributed by atoms with E-state index in [4.69, 9.17) is 9.47 Å². The van der Waals surface area contributed by atoms with Crippen molar-refractivity contribution in [3.05, 3.63) is 29.8 Å². The van der Waals surface area contributed by atoms with Gasteiger partial charge in [-0.05, 0) is 37.5 Å². The Morgan fingerprint density at radius 1 is 1.00 bits per heavy atom. The highest BCUT2D eigenvalue weighted by atomic mass is 16.7. The van der Waals surface area contributed by atoms with E-state index in [0.717, 1.165) is 18.7 Å². The first kappa shape index (κ1) is 16.0. The molecule has 1 aromatic carbocycles. The smallest absolute Gasteiger partial charge is 0.159 e. The Hall–Kier alpha value is -1.06. The number of hydrogen-bond acceptors (Lipinski definition) is 3. The van der Waals surface area contributed by atoms with Gasteiger partial charge in [0.1, 0.15) is 0 Å². The van der Waals surface area contributed by atoms with Gasteiger partial charge in [0.15, 0.2) is 6.29 Å². The molecule has 0 atom stereocenters. The molecule has 1 rings (SSSR count). The molecule has 0 heterocycles. The highest BCUT2D eigenvalue weighted by Crippen LogP contribution is 2.17. The first-order valence-electron chi connectivity index (χ1n) is 7.24. The Morgan fingerprint density at radius 3 is 2.05 bits per heavy atom. The van der Waals surface area contributed by atoms with Crippen molar-refractivity contribution in [2.75, 3.05) is 25.1 Å². The van der Waals surface area contributed by atoms with Crippen LogP contribution in [0.3, 0.4) is 0 Å². The quantitative estimate of drug-likeness (QED) is 0.684. The average Bonchev–Trinajstić information content (AvgIpc) is 2.40. The van der Waals surface area contributed by atoms with Gasteiger partial charge in [-0.3, -0.25) is 0 Å². The maximum atomic E-state index is 5.51. The molecule has 0 fully saturated rings. The maximum Gasteiger partial charge on any atom is 0.159 e. The Bertz CT molecular complexity index is 329. The lowest BCUT2D eigenvalue weighted by atomic mass is 10.0. The first-order chi connectivity index (χ1) is 9.17. The third-order valence-corrected chi connectivity index (χ3v) is 2.99. The van der Waals surface area contributed by atoms with Crippen molar-refractivity contribution in [1.29, 1.82) is 0 Å². The van der Waals surface area contributed by atoms with Gasteiger partial charge in [0.05, 0.1) is 0 Å². The summed E-state index contributed by atoms with van der Waals surface area (Å²) < 4.78 is 11.0. The van der Waals surface area contributed by atoms with E-state index < -0.39 is 0 Å². The van der Waals surface area contributed by atoms with Crippen LogP contribution in [-0.4, -0.2) is 26.0 Å². The molecule has 0 amide bonds. The van der Waals surface area contributed by atoms with E-state index in [9.17, 15) is 0 Å². The van der Waals surface area contributed by atoms with Crippen LogP contribution < -0.4 is 5.32 Å². The predicted molar refractivity (Wildman–Crippen MR) is 80.7 cm³/mol. The standard InChI is InChI=1S/C16H27NO2/c1-5-18-16(19-6-2)11-12-17-15-9-7-14(8-10-15)13(3)4/h7-10,13,16-17H,5-6,11-12H2,1-4H3. The van der Waals surface area contributed by atoms with Gasteiger partial charge in [-0.25, -0.2) is 0 Å². The summed E-state index contributed by atoms with van der Waals surface area (Å²) in [6.45, 7) is 10.6. The Morgan fingerprint density at radius 2 is 1.58 bits per heavy atom. The highest BCUT2D eigenvalue weighted by Gasteiger charge is 2.07. The fourth-order valence-corrected chi connectivity index (χ4v) is 1.91. The minimum atomic E-state index is -0.0996. The molecule has 0 spiro atoms. The van der Waals surface area contributed by atoms with Gasteiger partial charge in [0.2, 0.25) is 0 Å². The van der Waals surface area contributed by atoms with Crippen LogP contribution >= 0.6 is 0 Å². The zero-order valence-corrected chi connectivity index (χ0v) is 12.6. The Balaban J connectivity index is 2.35. The fraction of sp³-hybridized carbons (Fsp3) is 0.625. The lowest BCUT2D eigenvalue weighted by Crippen LogP contribution is -2.21. The summed E-state index contributed by atoms with van der Waals surface area (Å²) >= 11 is 0. The topological polar surface area (TPSA) is 30.5 Å². The van der Waals surface area contributed by atoms with Crippen LogP contribution in [0.4, 0.5) is 5.69 Å². The summed E-state index contributed by atoms with van der Waals surface area (Å²) in [7, 11) is 0. The van der Waals surface area contributed by atoms with E-state index in [-0.39, 0.29) is 6.29 Å². The molecular formula is C16H27NO2. The van der Waals surface area contributed by atoms with Crippen LogP contribution in [0.15, 0.2) is 24.3 Å².